The summed E-state index contributed by atoms with van der Waals surface area (Å²) < 4.78 is 5.50. The lowest BCUT2D eigenvalue weighted by Gasteiger charge is -2.26. The number of nitrogens with zero attached hydrogens (tertiary/aromatic N) is 1. The molecule has 1 N–H and O–H groups in total. The van der Waals surface area contributed by atoms with Gasteiger partial charge < -0.3 is 10.1 Å². The molecule has 2 atom stereocenters. The zero-order chi connectivity index (χ0) is 17.3. The van der Waals surface area contributed by atoms with E-state index >= 15 is 0 Å². The summed E-state index contributed by atoms with van der Waals surface area (Å²) in [6, 6.07) is 5.56. The van der Waals surface area contributed by atoms with E-state index in [2.05, 4.69) is 5.32 Å². The van der Waals surface area contributed by atoms with Gasteiger partial charge in [-0.2, -0.15) is 0 Å². The van der Waals surface area contributed by atoms with E-state index in [0.29, 0.717) is 0 Å². The number of urea groups is 1. The Morgan fingerprint density at radius 3 is 2.54 bits per heavy atom. The molecule has 130 valence electrons. The van der Waals surface area contributed by atoms with Crippen LogP contribution in [0.2, 0.25) is 0 Å². The van der Waals surface area contributed by atoms with Crippen molar-refractivity contribution in [1.82, 2.24) is 10.2 Å². The van der Waals surface area contributed by atoms with Gasteiger partial charge in [-0.15, -0.1) is 0 Å². The number of ether oxygens (including phenoxy) is 1. The van der Waals surface area contributed by atoms with Crippen molar-refractivity contribution in [2.75, 3.05) is 0 Å². The fourth-order valence-electron chi connectivity index (χ4n) is 3.61. The lowest BCUT2D eigenvalue weighted by molar-refractivity contribution is 0.131. The maximum atomic E-state index is 12.5. The van der Waals surface area contributed by atoms with Gasteiger partial charge in [0.1, 0.15) is 6.10 Å². The number of carbonyl (C=O) groups excluding carboxylic acids is 2. The zero-order valence-corrected chi connectivity index (χ0v) is 14.7. The minimum atomic E-state index is -0.556. The maximum Gasteiger partial charge on any atom is 0.419 e. The lowest BCUT2D eigenvalue weighted by Crippen LogP contribution is -2.48. The molecular formula is C19H26N2O3. The molecule has 0 aromatic heterocycles. The van der Waals surface area contributed by atoms with Crippen LogP contribution in [0.5, 0.6) is 0 Å². The Morgan fingerprint density at radius 1 is 1.17 bits per heavy atom. The zero-order valence-electron chi connectivity index (χ0n) is 14.7. The molecule has 1 heterocycles. The van der Waals surface area contributed by atoms with Crippen LogP contribution >= 0.6 is 0 Å². The molecule has 5 nitrogen and oxygen atoms in total. The topological polar surface area (TPSA) is 58.6 Å². The molecule has 5 heteroatoms. The van der Waals surface area contributed by atoms with Gasteiger partial charge in [0.15, 0.2) is 0 Å². The largest absolute Gasteiger partial charge is 0.439 e. The number of cyclic esters (lactones) is 1. The van der Waals surface area contributed by atoms with E-state index in [-0.39, 0.29) is 18.1 Å². The molecular weight excluding hydrogens is 304 g/mol. The Kier molecular flexibility index (Phi) is 4.78. The third-order valence-corrected chi connectivity index (χ3v) is 5.28. The van der Waals surface area contributed by atoms with Crippen molar-refractivity contribution < 1.29 is 14.3 Å². The Morgan fingerprint density at radius 2 is 1.88 bits per heavy atom. The number of amides is 3. The van der Waals surface area contributed by atoms with Gasteiger partial charge in [0, 0.05) is 6.04 Å². The summed E-state index contributed by atoms with van der Waals surface area (Å²) in [6.07, 6.45) is 4.51. The van der Waals surface area contributed by atoms with Crippen molar-refractivity contribution in [2.24, 2.45) is 0 Å². The van der Waals surface area contributed by atoms with Gasteiger partial charge in [-0.1, -0.05) is 37.5 Å². The van der Waals surface area contributed by atoms with Crippen LogP contribution in [-0.4, -0.2) is 29.1 Å². The summed E-state index contributed by atoms with van der Waals surface area (Å²) in [5, 5.41) is 3.00. The monoisotopic (exact) mass is 330 g/mol. The first-order chi connectivity index (χ1) is 11.5. The SMILES string of the molecule is Cc1ccc([C@H]2OC(=O)N(C(=O)NC3CCCCC3)[C@@H]2C)cc1C. The summed E-state index contributed by atoms with van der Waals surface area (Å²) in [5.74, 6) is 0. The van der Waals surface area contributed by atoms with Crippen LogP contribution in [0.3, 0.4) is 0 Å². The smallest absolute Gasteiger partial charge is 0.419 e. The second-order valence-corrected chi connectivity index (χ2v) is 7.04. The molecule has 1 aromatic carbocycles. The summed E-state index contributed by atoms with van der Waals surface area (Å²) >= 11 is 0. The van der Waals surface area contributed by atoms with E-state index < -0.39 is 12.2 Å². The first kappa shape index (κ1) is 16.8. The minimum Gasteiger partial charge on any atom is -0.439 e. The molecule has 0 unspecified atom stereocenters. The number of hydrogen-bond donors (Lipinski definition) is 1. The Labute approximate surface area is 143 Å². The minimum absolute atomic E-state index is 0.173. The number of hydrogen-bond acceptors (Lipinski definition) is 3. The van der Waals surface area contributed by atoms with Gasteiger partial charge in [-0.3, -0.25) is 0 Å². The molecule has 1 aliphatic carbocycles. The number of aryl methyl sites for hydroxylation is 2. The number of imide groups is 1. The van der Waals surface area contributed by atoms with Crippen molar-refractivity contribution in [3.63, 3.8) is 0 Å². The Bertz CT molecular complexity index is 637. The first-order valence-electron chi connectivity index (χ1n) is 8.85. The fourth-order valence-corrected chi connectivity index (χ4v) is 3.61. The van der Waals surface area contributed by atoms with Crippen molar-refractivity contribution in [3.8, 4) is 0 Å². The second-order valence-electron chi connectivity index (χ2n) is 7.04. The highest BCUT2D eigenvalue weighted by Crippen LogP contribution is 2.33. The molecule has 2 aliphatic rings. The van der Waals surface area contributed by atoms with Crippen LogP contribution < -0.4 is 5.32 Å². The van der Waals surface area contributed by atoms with Crippen LogP contribution in [0.25, 0.3) is 0 Å². The van der Waals surface area contributed by atoms with E-state index in [4.69, 9.17) is 4.74 Å². The van der Waals surface area contributed by atoms with Gasteiger partial charge in [-0.25, -0.2) is 14.5 Å². The molecule has 0 radical (unpaired) electrons. The lowest BCUT2D eigenvalue weighted by atomic mass is 9.95. The molecule has 1 saturated heterocycles. The van der Waals surface area contributed by atoms with E-state index in [9.17, 15) is 9.59 Å². The summed E-state index contributed by atoms with van der Waals surface area (Å²) in [4.78, 5) is 26.0. The molecule has 1 aromatic rings. The number of carbonyl (C=O) groups is 2. The Hall–Kier alpha value is -2.04. The fraction of sp³-hybridized carbons (Fsp3) is 0.579. The number of benzene rings is 1. The summed E-state index contributed by atoms with van der Waals surface area (Å²) in [7, 11) is 0. The van der Waals surface area contributed by atoms with Crippen LogP contribution in [0, 0.1) is 13.8 Å². The third-order valence-electron chi connectivity index (χ3n) is 5.28. The van der Waals surface area contributed by atoms with E-state index in [1.807, 2.05) is 39.0 Å². The maximum absolute atomic E-state index is 12.5. The normalized spacial score (nSPS) is 24.8. The molecule has 3 rings (SSSR count). The quantitative estimate of drug-likeness (QED) is 0.883. The van der Waals surface area contributed by atoms with Crippen LogP contribution in [0.1, 0.15) is 61.8 Å². The molecule has 0 bridgehead atoms. The Balaban J connectivity index is 1.72. The number of nitrogens with one attached hydrogen (secondary N) is 1. The molecule has 24 heavy (non-hydrogen) atoms. The van der Waals surface area contributed by atoms with Crippen molar-refractivity contribution in [1.29, 1.82) is 0 Å². The van der Waals surface area contributed by atoms with Gasteiger partial charge in [-0.05, 0) is 50.3 Å². The van der Waals surface area contributed by atoms with E-state index in [1.54, 1.807) is 0 Å². The van der Waals surface area contributed by atoms with Gasteiger partial charge in [0.25, 0.3) is 0 Å². The highest BCUT2D eigenvalue weighted by Gasteiger charge is 2.44. The van der Waals surface area contributed by atoms with Crippen LogP contribution in [0.4, 0.5) is 9.59 Å². The summed E-state index contributed by atoms with van der Waals surface area (Å²) in [5.41, 5.74) is 3.29. The molecule has 3 amide bonds. The third kappa shape index (κ3) is 3.25. The van der Waals surface area contributed by atoms with Crippen molar-refractivity contribution in [3.05, 3.63) is 34.9 Å². The summed E-state index contributed by atoms with van der Waals surface area (Å²) in [6.45, 7) is 5.95. The molecule has 1 aliphatic heterocycles. The second kappa shape index (κ2) is 6.83. The van der Waals surface area contributed by atoms with Crippen LogP contribution in [-0.2, 0) is 4.74 Å². The van der Waals surface area contributed by atoms with E-state index in [1.165, 1.54) is 16.9 Å². The average Bonchev–Trinajstić information content (AvgIpc) is 2.86. The van der Waals surface area contributed by atoms with Crippen molar-refractivity contribution in [2.45, 2.75) is 71.1 Å². The van der Waals surface area contributed by atoms with E-state index in [0.717, 1.165) is 36.8 Å². The molecule has 2 fully saturated rings. The highest BCUT2D eigenvalue weighted by atomic mass is 16.6. The average molecular weight is 330 g/mol. The predicted octanol–water partition coefficient (Wildman–Crippen LogP) is 4.23. The van der Waals surface area contributed by atoms with Gasteiger partial charge in [0.2, 0.25) is 0 Å². The van der Waals surface area contributed by atoms with Crippen molar-refractivity contribution >= 4 is 12.1 Å². The predicted molar refractivity (Wildman–Crippen MR) is 91.8 cm³/mol. The highest BCUT2D eigenvalue weighted by molar-refractivity contribution is 5.93. The van der Waals surface area contributed by atoms with Crippen LogP contribution in [0.15, 0.2) is 18.2 Å². The number of rotatable bonds is 2. The van der Waals surface area contributed by atoms with Gasteiger partial charge in [0.05, 0.1) is 6.04 Å². The van der Waals surface area contributed by atoms with Gasteiger partial charge >= 0.3 is 12.1 Å². The first-order valence-corrected chi connectivity index (χ1v) is 8.85. The standard InChI is InChI=1S/C19H26N2O3/c1-12-9-10-15(11-13(12)2)17-14(3)21(19(23)24-17)18(22)20-16-7-5-4-6-8-16/h9-11,14,16-17H,4-8H2,1-3H3,(H,20,22)/t14-,17+/m1/s1. The molecule has 1 saturated carbocycles. The molecule has 0 spiro atoms.